The van der Waals surface area contributed by atoms with Crippen LogP contribution in [0, 0.1) is 0 Å². The molecule has 2 aromatic rings. The van der Waals surface area contributed by atoms with Crippen LogP contribution in [0.15, 0.2) is 29.8 Å². The molecule has 11 heteroatoms. The van der Waals surface area contributed by atoms with Crippen LogP contribution in [-0.2, 0) is 4.74 Å². The smallest absolute Gasteiger partial charge is 0.414 e. The maximum absolute atomic E-state index is 12.5. The van der Waals surface area contributed by atoms with E-state index in [1.54, 1.807) is 19.2 Å². The molecule has 10 nitrogen and oxygen atoms in total. The summed E-state index contributed by atoms with van der Waals surface area (Å²) in [7, 11) is 0. The molecule has 5 amide bonds. The molecule has 0 atom stereocenters. The first kappa shape index (κ1) is 20.8. The van der Waals surface area contributed by atoms with Gasteiger partial charge in [-0.2, -0.15) is 0 Å². The monoisotopic (exact) mass is 405 g/mol. The summed E-state index contributed by atoms with van der Waals surface area (Å²) < 4.78 is 4.66. The zero-order valence-corrected chi connectivity index (χ0v) is 16.0. The minimum Gasteiger partial charge on any atom is -0.450 e. The summed E-state index contributed by atoms with van der Waals surface area (Å²) in [5.41, 5.74) is 0.355. The van der Waals surface area contributed by atoms with Crippen LogP contribution >= 0.6 is 11.3 Å². The summed E-state index contributed by atoms with van der Waals surface area (Å²) in [5.74, 6) is -0.998. The molecular formula is C17H19N5O5S. The van der Waals surface area contributed by atoms with Crippen molar-refractivity contribution in [2.45, 2.75) is 13.8 Å². The number of amides is 5. The lowest BCUT2D eigenvalue weighted by Crippen LogP contribution is -2.31. The number of rotatable bonds is 6. The van der Waals surface area contributed by atoms with Crippen molar-refractivity contribution in [1.29, 1.82) is 0 Å². The Kier molecular flexibility index (Phi) is 7.45. The molecule has 148 valence electrons. The first-order chi connectivity index (χ1) is 13.4. The number of imide groups is 1. The molecular weight excluding hydrogens is 386 g/mol. The number of alkyl carbamates (subject to hydrolysis) is 1. The number of nitrogens with zero attached hydrogens (tertiary/aromatic N) is 1. The number of urea groups is 1. The van der Waals surface area contributed by atoms with Gasteiger partial charge in [0.2, 0.25) is 0 Å². The maximum Gasteiger partial charge on any atom is 0.414 e. The highest BCUT2D eigenvalue weighted by Crippen LogP contribution is 2.24. The minimum atomic E-state index is -0.869. The van der Waals surface area contributed by atoms with E-state index in [0.717, 1.165) is 11.3 Å². The average Bonchev–Trinajstić information content (AvgIpc) is 3.10. The molecule has 0 aromatic carbocycles. The quantitative estimate of drug-likeness (QED) is 0.582. The van der Waals surface area contributed by atoms with E-state index in [-0.39, 0.29) is 28.6 Å². The standard InChI is InChI=1S/C17H19N5O5S/c1-3-18-16(25)20-12-9-10(5-7-19-12)13(23)21-15-11(6-8-28-15)14(24)22-17(26)27-4-2/h5-9H,3-4H2,1-2H3,(H,21,23)(H,22,24,26)(H2,18,19,20,25). The normalized spacial score (nSPS) is 9.93. The maximum atomic E-state index is 12.5. The van der Waals surface area contributed by atoms with Crippen LogP contribution in [0.4, 0.5) is 20.4 Å². The lowest BCUT2D eigenvalue weighted by molar-refractivity contribution is 0.0926. The van der Waals surface area contributed by atoms with Crippen LogP contribution < -0.4 is 21.3 Å². The minimum absolute atomic E-state index is 0.126. The lowest BCUT2D eigenvalue weighted by Gasteiger charge is -2.09. The van der Waals surface area contributed by atoms with Gasteiger partial charge >= 0.3 is 12.1 Å². The largest absolute Gasteiger partial charge is 0.450 e. The van der Waals surface area contributed by atoms with E-state index >= 15 is 0 Å². The molecule has 0 bridgehead atoms. The molecule has 0 spiro atoms. The fraction of sp³-hybridized carbons (Fsp3) is 0.235. The molecule has 4 N–H and O–H groups in total. The number of carbonyl (C=O) groups excluding carboxylic acids is 4. The predicted molar refractivity (Wildman–Crippen MR) is 104 cm³/mol. The van der Waals surface area contributed by atoms with Crippen molar-refractivity contribution in [3.8, 4) is 0 Å². The van der Waals surface area contributed by atoms with Gasteiger partial charge in [0, 0.05) is 18.3 Å². The van der Waals surface area contributed by atoms with E-state index in [4.69, 9.17) is 0 Å². The highest BCUT2D eigenvalue weighted by Gasteiger charge is 2.18. The molecule has 0 fully saturated rings. The van der Waals surface area contributed by atoms with Crippen LogP contribution in [0.25, 0.3) is 0 Å². The number of anilines is 2. The number of nitrogens with one attached hydrogen (secondary N) is 4. The molecule has 0 aliphatic carbocycles. The topological polar surface area (TPSA) is 139 Å². The Hall–Kier alpha value is -3.47. The summed E-state index contributed by atoms with van der Waals surface area (Å²) >= 11 is 1.12. The molecule has 28 heavy (non-hydrogen) atoms. The second-order valence-electron chi connectivity index (χ2n) is 5.21. The van der Waals surface area contributed by atoms with Crippen LogP contribution in [0.3, 0.4) is 0 Å². The van der Waals surface area contributed by atoms with Crippen LogP contribution in [0.5, 0.6) is 0 Å². The van der Waals surface area contributed by atoms with E-state index in [1.165, 1.54) is 24.4 Å². The van der Waals surface area contributed by atoms with Crippen molar-refractivity contribution in [2.75, 3.05) is 23.8 Å². The molecule has 0 aliphatic heterocycles. The number of hydrogen-bond donors (Lipinski definition) is 4. The van der Waals surface area contributed by atoms with E-state index in [2.05, 4.69) is 31.0 Å². The first-order valence-electron chi connectivity index (χ1n) is 8.32. The summed E-state index contributed by atoms with van der Waals surface area (Å²) in [6.07, 6.45) is 0.505. The van der Waals surface area contributed by atoms with Crippen molar-refractivity contribution < 1.29 is 23.9 Å². The van der Waals surface area contributed by atoms with Gasteiger partial charge in [0.15, 0.2) is 0 Å². The second kappa shape index (κ2) is 10.0. The Bertz CT molecular complexity index is 882. The van der Waals surface area contributed by atoms with Crippen LogP contribution in [0.1, 0.15) is 34.6 Å². The fourth-order valence-corrected chi connectivity index (χ4v) is 2.83. The summed E-state index contributed by atoms with van der Waals surface area (Å²) in [4.78, 5) is 51.6. The number of aromatic nitrogens is 1. The third-order valence-corrected chi connectivity index (χ3v) is 4.06. The van der Waals surface area contributed by atoms with E-state index in [9.17, 15) is 19.2 Å². The summed E-state index contributed by atoms with van der Waals surface area (Å²) in [6.45, 7) is 3.96. The fourth-order valence-electron chi connectivity index (χ4n) is 2.05. The Morgan fingerprint density at radius 1 is 1.11 bits per heavy atom. The molecule has 2 heterocycles. The second-order valence-corrected chi connectivity index (χ2v) is 6.12. The molecule has 2 aromatic heterocycles. The van der Waals surface area contributed by atoms with Crippen LogP contribution in [-0.4, -0.2) is 42.1 Å². The SMILES string of the molecule is CCNC(=O)Nc1cc(C(=O)Nc2sccc2C(=O)NC(=O)OCC)ccn1. The molecule has 0 saturated carbocycles. The van der Waals surface area contributed by atoms with Gasteiger partial charge in [0.05, 0.1) is 12.2 Å². The zero-order valence-electron chi connectivity index (χ0n) is 15.2. The van der Waals surface area contributed by atoms with E-state index in [1.807, 2.05) is 0 Å². The predicted octanol–water partition coefficient (Wildman–Crippen LogP) is 2.42. The number of thiophene rings is 1. The average molecular weight is 405 g/mol. The van der Waals surface area contributed by atoms with Crippen molar-refractivity contribution in [3.63, 3.8) is 0 Å². The molecule has 0 aliphatic rings. The van der Waals surface area contributed by atoms with Gasteiger partial charge in [-0.1, -0.05) is 0 Å². The van der Waals surface area contributed by atoms with Gasteiger partial charge in [-0.25, -0.2) is 14.6 Å². The van der Waals surface area contributed by atoms with Gasteiger partial charge in [0.1, 0.15) is 10.8 Å². The third kappa shape index (κ3) is 5.77. The van der Waals surface area contributed by atoms with Crippen molar-refractivity contribution >= 4 is 46.1 Å². The van der Waals surface area contributed by atoms with Gasteiger partial charge in [-0.05, 0) is 37.4 Å². The van der Waals surface area contributed by atoms with Gasteiger partial charge in [-0.3, -0.25) is 20.2 Å². The number of pyridine rings is 1. The Morgan fingerprint density at radius 2 is 1.89 bits per heavy atom. The summed E-state index contributed by atoms with van der Waals surface area (Å²) in [6, 6.07) is 3.90. The lowest BCUT2D eigenvalue weighted by atomic mass is 10.2. The molecule has 0 unspecified atom stereocenters. The Balaban J connectivity index is 2.08. The number of carbonyl (C=O) groups is 4. The van der Waals surface area contributed by atoms with Crippen molar-refractivity contribution in [1.82, 2.24) is 15.6 Å². The van der Waals surface area contributed by atoms with Crippen molar-refractivity contribution in [2.24, 2.45) is 0 Å². The molecule has 2 rings (SSSR count). The Morgan fingerprint density at radius 3 is 2.61 bits per heavy atom. The molecule has 0 radical (unpaired) electrons. The van der Waals surface area contributed by atoms with Gasteiger partial charge in [-0.15, -0.1) is 11.3 Å². The van der Waals surface area contributed by atoms with Gasteiger partial charge in [0.25, 0.3) is 11.8 Å². The third-order valence-electron chi connectivity index (χ3n) is 3.23. The number of hydrogen-bond acceptors (Lipinski definition) is 7. The van der Waals surface area contributed by atoms with E-state index < -0.39 is 23.9 Å². The summed E-state index contributed by atoms with van der Waals surface area (Å²) in [5, 5.41) is 11.6. The first-order valence-corrected chi connectivity index (χ1v) is 9.20. The van der Waals surface area contributed by atoms with E-state index in [0.29, 0.717) is 6.54 Å². The molecule has 0 saturated heterocycles. The highest BCUT2D eigenvalue weighted by atomic mass is 32.1. The van der Waals surface area contributed by atoms with Crippen molar-refractivity contribution in [3.05, 3.63) is 40.9 Å². The Labute approximate surface area is 164 Å². The number of ether oxygens (including phenoxy) is 1. The van der Waals surface area contributed by atoms with Gasteiger partial charge < -0.3 is 15.4 Å². The zero-order chi connectivity index (χ0) is 20.5. The highest BCUT2D eigenvalue weighted by molar-refractivity contribution is 7.14. The van der Waals surface area contributed by atoms with Crippen LogP contribution in [0.2, 0.25) is 0 Å².